The van der Waals surface area contributed by atoms with E-state index in [1.165, 1.54) is 0 Å². The summed E-state index contributed by atoms with van der Waals surface area (Å²) in [6, 6.07) is 13.5. The second-order valence-electron chi connectivity index (χ2n) is 6.48. The number of nitrogens with zero attached hydrogens (tertiary/aromatic N) is 3. The zero-order chi connectivity index (χ0) is 20.1. The highest BCUT2D eigenvalue weighted by Gasteiger charge is 2.22. The van der Waals surface area contributed by atoms with E-state index in [-0.39, 0.29) is 12.5 Å². The van der Waals surface area contributed by atoms with Gasteiger partial charge in [0.1, 0.15) is 0 Å². The Morgan fingerprint density at radius 2 is 2.04 bits per heavy atom. The smallest absolute Gasteiger partial charge is 0.260 e. The Kier molecular flexibility index (Phi) is 6.42. The number of benzene rings is 2. The molecule has 0 fully saturated rings. The molecule has 3 rings (SSSR count). The van der Waals surface area contributed by atoms with Gasteiger partial charge < -0.3 is 19.3 Å². The highest BCUT2D eigenvalue weighted by Crippen LogP contribution is 2.37. The number of amides is 1. The summed E-state index contributed by atoms with van der Waals surface area (Å²) in [5, 5.41) is 9.13. The lowest BCUT2D eigenvalue weighted by Crippen LogP contribution is -2.37. The van der Waals surface area contributed by atoms with Gasteiger partial charge in [-0.05, 0) is 40.5 Å². The van der Waals surface area contributed by atoms with E-state index in [9.17, 15) is 4.79 Å². The van der Waals surface area contributed by atoms with E-state index in [2.05, 4.69) is 33.0 Å². The molecule has 0 spiro atoms. The minimum absolute atomic E-state index is 0.0937. The number of halogens is 1. The van der Waals surface area contributed by atoms with Crippen molar-refractivity contribution in [2.75, 3.05) is 38.3 Å². The van der Waals surface area contributed by atoms with Crippen LogP contribution in [0.4, 0.5) is 5.69 Å². The molecule has 0 radical (unpaired) electrons. The minimum Gasteiger partial charge on any atom is -0.490 e. The quantitative estimate of drug-likeness (QED) is 0.706. The first-order valence-electron chi connectivity index (χ1n) is 9.09. The van der Waals surface area contributed by atoms with Crippen molar-refractivity contribution in [1.29, 1.82) is 5.26 Å². The summed E-state index contributed by atoms with van der Waals surface area (Å²) < 4.78 is 12.0. The Balaban J connectivity index is 1.73. The fourth-order valence-electron chi connectivity index (χ4n) is 3.17. The maximum Gasteiger partial charge on any atom is 0.260 e. The molecule has 1 amide bonds. The first-order chi connectivity index (χ1) is 13.5. The topological polar surface area (TPSA) is 65.8 Å². The number of carbonyl (C=O) groups excluding carboxylic acids is 1. The molecule has 6 nitrogen and oxygen atoms in total. The van der Waals surface area contributed by atoms with Crippen molar-refractivity contribution < 1.29 is 14.3 Å². The molecule has 1 aliphatic rings. The number of fused-ring (bicyclic) bond motifs is 1. The van der Waals surface area contributed by atoms with Gasteiger partial charge in [0.15, 0.2) is 18.1 Å². The van der Waals surface area contributed by atoms with Gasteiger partial charge >= 0.3 is 0 Å². The van der Waals surface area contributed by atoms with Crippen LogP contribution in [0.5, 0.6) is 11.5 Å². The maximum absolute atomic E-state index is 12.8. The van der Waals surface area contributed by atoms with Gasteiger partial charge in [-0.1, -0.05) is 18.2 Å². The summed E-state index contributed by atoms with van der Waals surface area (Å²) in [5.74, 6) is 0.785. The fourth-order valence-corrected chi connectivity index (χ4v) is 3.72. The lowest BCUT2D eigenvalue weighted by atomic mass is 10.1. The molecule has 0 N–H and O–H groups in total. The molecule has 146 valence electrons. The minimum atomic E-state index is -0.101. The Labute approximate surface area is 173 Å². The van der Waals surface area contributed by atoms with Crippen molar-refractivity contribution in [3.63, 3.8) is 0 Å². The van der Waals surface area contributed by atoms with Crippen LogP contribution in [0.3, 0.4) is 0 Å². The van der Waals surface area contributed by atoms with Crippen molar-refractivity contribution in [1.82, 2.24) is 4.90 Å². The Morgan fingerprint density at radius 3 is 2.79 bits per heavy atom. The molecule has 1 aliphatic heterocycles. The highest BCUT2D eigenvalue weighted by atomic mass is 79.9. The average Bonchev–Trinajstić information content (AvgIpc) is 2.86. The lowest BCUT2D eigenvalue weighted by Gasteiger charge is -2.22. The summed E-state index contributed by atoms with van der Waals surface area (Å²) in [5.41, 5.74) is 2.72. The van der Waals surface area contributed by atoms with Crippen LogP contribution in [0.25, 0.3) is 0 Å². The third-order valence-electron chi connectivity index (χ3n) is 4.60. The third-order valence-corrected chi connectivity index (χ3v) is 5.19. The highest BCUT2D eigenvalue weighted by molar-refractivity contribution is 9.10. The zero-order valence-electron chi connectivity index (χ0n) is 15.9. The van der Waals surface area contributed by atoms with Crippen LogP contribution < -0.4 is 14.4 Å². The SMILES string of the molecule is CCOc1cc(C#N)cc(Br)c1OCC(=O)N1CCN(C)c2ccccc2C1. The number of carbonyl (C=O) groups is 1. The number of nitriles is 1. The van der Waals surface area contributed by atoms with Crippen molar-refractivity contribution in [3.05, 3.63) is 52.0 Å². The predicted molar refractivity (Wildman–Crippen MR) is 111 cm³/mol. The number of likely N-dealkylation sites (N-methyl/N-ethyl adjacent to an activating group) is 1. The number of anilines is 1. The van der Waals surface area contributed by atoms with Gasteiger partial charge in [0.05, 0.1) is 22.7 Å². The van der Waals surface area contributed by atoms with Gasteiger partial charge in [-0.15, -0.1) is 0 Å². The molecule has 0 unspecified atom stereocenters. The van der Waals surface area contributed by atoms with Gasteiger partial charge in [0, 0.05) is 38.4 Å². The average molecular weight is 444 g/mol. The van der Waals surface area contributed by atoms with Gasteiger partial charge in [-0.3, -0.25) is 4.79 Å². The van der Waals surface area contributed by atoms with Crippen LogP contribution in [0.2, 0.25) is 0 Å². The summed E-state index contributed by atoms with van der Waals surface area (Å²) in [6.07, 6.45) is 0. The van der Waals surface area contributed by atoms with E-state index in [1.807, 2.05) is 32.2 Å². The van der Waals surface area contributed by atoms with Gasteiger partial charge in [0.2, 0.25) is 0 Å². The number of ether oxygens (including phenoxy) is 2. The molecule has 28 heavy (non-hydrogen) atoms. The molecule has 0 aromatic heterocycles. The Hall–Kier alpha value is -2.72. The van der Waals surface area contributed by atoms with Crippen LogP contribution in [-0.4, -0.2) is 44.2 Å². The van der Waals surface area contributed by atoms with Gasteiger partial charge in [-0.2, -0.15) is 5.26 Å². The zero-order valence-corrected chi connectivity index (χ0v) is 17.5. The van der Waals surface area contributed by atoms with Crippen LogP contribution in [-0.2, 0) is 11.3 Å². The summed E-state index contributed by atoms with van der Waals surface area (Å²) in [6.45, 7) is 4.12. The van der Waals surface area contributed by atoms with Gasteiger partial charge in [-0.25, -0.2) is 0 Å². The number of hydrogen-bond donors (Lipinski definition) is 0. The van der Waals surface area contributed by atoms with E-state index in [4.69, 9.17) is 14.7 Å². The fraction of sp³-hybridized carbons (Fsp3) is 0.333. The summed E-state index contributed by atoms with van der Waals surface area (Å²) in [7, 11) is 2.03. The van der Waals surface area contributed by atoms with Crippen LogP contribution in [0.1, 0.15) is 18.1 Å². The Bertz CT molecular complexity index is 910. The second kappa shape index (κ2) is 8.98. The first-order valence-corrected chi connectivity index (χ1v) is 9.88. The number of rotatable bonds is 5. The predicted octanol–water partition coefficient (Wildman–Crippen LogP) is 3.58. The largest absolute Gasteiger partial charge is 0.490 e. The van der Waals surface area contributed by atoms with E-state index in [1.54, 1.807) is 17.0 Å². The van der Waals surface area contributed by atoms with E-state index in [0.717, 1.165) is 17.8 Å². The Morgan fingerprint density at radius 1 is 1.25 bits per heavy atom. The molecule has 0 saturated heterocycles. The van der Waals surface area contributed by atoms with Gasteiger partial charge in [0.25, 0.3) is 5.91 Å². The molecule has 7 heteroatoms. The molecule has 0 saturated carbocycles. The molecule has 0 bridgehead atoms. The van der Waals surface area contributed by atoms with Crippen LogP contribution in [0.15, 0.2) is 40.9 Å². The number of para-hydroxylation sites is 1. The first kappa shape index (κ1) is 20.0. The monoisotopic (exact) mass is 443 g/mol. The van der Waals surface area contributed by atoms with Crippen molar-refractivity contribution in [3.8, 4) is 17.6 Å². The van der Waals surface area contributed by atoms with E-state index >= 15 is 0 Å². The molecular formula is C21H22BrN3O3. The molecule has 0 aliphatic carbocycles. The van der Waals surface area contributed by atoms with Crippen molar-refractivity contribution >= 4 is 27.5 Å². The van der Waals surface area contributed by atoms with E-state index < -0.39 is 0 Å². The molecule has 1 heterocycles. The molecule has 2 aromatic rings. The van der Waals surface area contributed by atoms with Crippen molar-refractivity contribution in [2.24, 2.45) is 0 Å². The maximum atomic E-state index is 12.8. The summed E-state index contributed by atoms with van der Waals surface area (Å²) >= 11 is 3.41. The standard InChI is InChI=1S/C21H22BrN3O3/c1-3-27-19-11-15(12-23)10-17(22)21(19)28-14-20(26)25-9-8-24(2)18-7-5-4-6-16(18)13-25/h4-7,10-11H,3,8-9,13-14H2,1-2H3. The lowest BCUT2D eigenvalue weighted by molar-refractivity contribution is -0.133. The molecule has 0 atom stereocenters. The van der Waals surface area contributed by atoms with Crippen molar-refractivity contribution in [2.45, 2.75) is 13.5 Å². The van der Waals surface area contributed by atoms with Crippen LogP contribution >= 0.6 is 15.9 Å². The van der Waals surface area contributed by atoms with E-state index in [0.29, 0.717) is 41.2 Å². The summed E-state index contributed by atoms with van der Waals surface area (Å²) in [4.78, 5) is 16.8. The van der Waals surface area contributed by atoms with Crippen LogP contribution in [0, 0.1) is 11.3 Å². The second-order valence-corrected chi connectivity index (χ2v) is 7.34. The third kappa shape index (κ3) is 4.39. The normalized spacial score (nSPS) is 13.4. The number of hydrogen-bond acceptors (Lipinski definition) is 5. The molecular weight excluding hydrogens is 422 g/mol. The molecule has 2 aromatic carbocycles.